The van der Waals surface area contributed by atoms with Crippen molar-refractivity contribution in [1.82, 2.24) is 9.88 Å². The van der Waals surface area contributed by atoms with Crippen LogP contribution in [0.15, 0.2) is 39.5 Å². The molecule has 0 spiro atoms. The summed E-state index contributed by atoms with van der Waals surface area (Å²) < 4.78 is 31.9. The fraction of sp³-hybridized carbons (Fsp3) is 0.350. The van der Waals surface area contributed by atoms with Crippen LogP contribution >= 0.6 is 11.0 Å². The molecule has 1 fully saturated rings. The quantitative estimate of drug-likeness (QED) is 0.482. The van der Waals surface area contributed by atoms with Gasteiger partial charge in [0.15, 0.2) is 5.84 Å². The summed E-state index contributed by atoms with van der Waals surface area (Å²) >= 11 is 0. The second kappa shape index (κ2) is 8.25. The molecular weight excluding hydrogens is 422 g/mol. The van der Waals surface area contributed by atoms with E-state index in [2.05, 4.69) is 14.1 Å². The maximum absolute atomic E-state index is 13.1. The molecule has 166 valence electrons. The first-order valence-electron chi connectivity index (χ1n) is 9.93. The van der Waals surface area contributed by atoms with Gasteiger partial charge in [-0.1, -0.05) is 6.07 Å². The van der Waals surface area contributed by atoms with E-state index in [9.17, 15) is 18.7 Å². The summed E-state index contributed by atoms with van der Waals surface area (Å²) in [6.07, 6.45) is 2.61. The number of nitrogens with zero attached hydrogens (tertiary/aromatic N) is 2. The Morgan fingerprint density at radius 2 is 2.16 bits per heavy atom. The molecule has 0 bridgehead atoms. The van der Waals surface area contributed by atoms with Gasteiger partial charge in [0.05, 0.1) is 17.3 Å². The Kier molecular flexibility index (Phi) is 5.65. The highest BCUT2D eigenvalue weighted by atomic mass is 32.3. The number of nitrogens with one attached hydrogen (secondary N) is 2. The Morgan fingerprint density at radius 3 is 2.94 bits per heavy atom. The number of ether oxygens (including phenoxy) is 1. The monoisotopic (exact) mass is 447 g/mol. The number of amides is 1. The third kappa shape index (κ3) is 4.53. The molecule has 31 heavy (non-hydrogen) atoms. The average molecular weight is 448 g/mol. The first-order valence-corrected chi connectivity index (χ1v) is 11.4. The van der Waals surface area contributed by atoms with Crippen molar-refractivity contribution in [2.45, 2.75) is 32.2 Å². The summed E-state index contributed by atoms with van der Waals surface area (Å²) in [6, 6.07) is 7.89. The number of carbonyl (C=O) groups excluding carboxylic acids is 1. The Bertz CT molecular complexity index is 1100. The molecule has 0 unspecified atom stereocenters. The van der Waals surface area contributed by atoms with Crippen molar-refractivity contribution in [3.8, 4) is 5.75 Å². The number of hydrogen-bond acceptors (Lipinski definition) is 8. The van der Waals surface area contributed by atoms with Crippen LogP contribution < -0.4 is 20.8 Å². The number of piperidine rings is 1. The van der Waals surface area contributed by atoms with Gasteiger partial charge in [0.25, 0.3) is 5.91 Å². The minimum Gasteiger partial charge on any atom is -0.491 e. The smallest absolute Gasteiger partial charge is 0.254 e. The van der Waals surface area contributed by atoms with Crippen molar-refractivity contribution in [2.75, 3.05) is 17.9 Å². The van der Waals surface area contributed by atoms with Gasteiger partial charge in [-0.2, -0.15) is 0 Å². The van der Waals surface area contributed by atoms with Crippen LogP contribution in [0.25, 0.3) is 0 Å². The summed E-state index contributed by atoms with van der Waals surface area (Å²) in [5.74, 6) is 0.209. The van der Waals surface area contributed by atoms with Crippen LogP contribution in [0.5, 0.6) is 5.75 Å². The first kappa shape index (κ1) is 21.2. The van der Waals surface area contributed by atoms with Gasteiger partial charge in [-0.3, -0.25) is 23.4 Å². The van der Waals surface area contributed by atoms with Crippen LogP contribution in [0, 0.1) is 6.92 Å². The van der Waals surface area contributed by atoms with Gasteiger partial charge in [-0.05, 0) is 55.3 Å². The number of aromatic amines is 1. The standard InChI is InChI=1S/C20H25N5O5S/c1-12-9-13(10-17(26)22-12)20(27)25-8-3-2-5-14(25)11-30-16-7-4-6-15-18(16)19(21)24-31(28,29)23-15/h4,6-7,9-10,14,23,28-29H,2-3,5,8,11H2,1H3,(H2,21,24)(H,22,26)/t14-/m1/s1. The number of carbonyl (C=O) groups is 1. The van der Waals surface area contributed by atoms with E-state index in [0.717, 1.165) is 19.3 Å². The van der Waals surface area contributed by atoms with Crippen molar-refractivity contribution >= 4 is 28.4 Å². The Hall–Kier alpha value is -3.02. The van der Waals surface area contributed by atoms with E-state index >= 15 is 0 Å². The molecule has 2 aliphatic heterocycles. The number of pyridine rings is 1. The highest BCUT2D eigenvalue weighted by molar-refractivity contribution is 8.24. The molecular formula is C20H25N5O5S. The third-order valence-corrected chi connectivity index (χ3v) is 6.25. The van der Waals surface area contributed by atoms with Gasteiger partial charge >= 0.3 is 0 Å². The van der Waals surface area contributed by atoms with Crippen molar-refractivity contribution in [1.29, 1.82) is 0 Å². The Labute approximate surface area is 180 Å². The zero-order valence-electron chi connectivity index (χ0n) is 17.0. The number of aryl methyl sites for hydroxylation is 1. The number of amidine groups is 1. The number of benzene rings is 1. The summed E-state index contributed by atoms with van der Waals surface area (Å²) in [7, 11) is -3.38. The van der Waals surface area contributed by atoms with E-state index in [4.69, 9.17) is 10.5 Å². The number of hydrogen-bond donors (Lipinski definition) is 5. The van der Waals surface area contributed by atoms with Gasteiger partial charge in [-0.15, -0.1) is 4.40 Å². The summed E-state index contributed by atoms with van der Waals surface area (Å²) in [5.41, 5.74) is 7.49. The second-order valence-corrected chi connectivity index (χ2v) is 9.08. The number of likely N-dealkylation sites (tertiary alicyclic amines) is 1. The largest absolute Gasteiger partial charge is 0.491 e. The number of aromatic nitrogens is 1. The molecule has 1 saturated heterocycles. The van der Waals surface area contributed by atoms with Crippen LogP contribution in [0.3, 0.4) is 0 Å². The lowest BCUT2D eigenvalue weighted by Gasteiger charge is -2.36. The molecule has 4 rings (SSSR count). The van der Waals surface area contributed by atoms with Crippen molar-refractivity contribution in [3.05, 3.63) is 57.5 Å². The number of fused-ring (bicyclic) bond motifs is 1. The SMILES string of the molecule is Cc1cc(C(=O)N2CCCC[C@@H]2COc2cccc3c2C(N)=NS(O)(O)N3)cc(=O)[nH]1. The Morgan fingerprint density at radius 1 is 1.35 bits per heavy atom. The minimum absolute atomic E-state index is 0.0279. The van der Waals surface area contributed by atoms with Crippen molar-refractivity contribution in [3.63, 3.8) is 0 Å². The van der Waals surface area contributed by atoms with Gasteiger partial charge < -0.3 is 20.4 Å². The lowest BCUT2D eigenvalue weighted by Crippen LogP contribution is -2.47. The normalized spacial score (nSPS) is 20.8. The number of H-pyrrole nitrogens is 1. The molecule has 1 atom stereocenters. The maximum atomic E-state index is 13.1. The van der Waals surface area contributed by atoms with E-state index < -0.39 is 11.0 Å². The topological polar surface area (TPSA) is 153 Å². The van der Waals surface area contributed by atoms with Crippen LogP contribution in [-0.2, 0) is 0 Å². The van der Waals surface area contributed by atoms with Crippen LogP contribution in [0.1, 0.15) is 40.9 Å². The van der Waals surface area contributed by atoms with Crippen LogP contribution in [0.2, 0.25) is 0 Å². The molecule has 6 N–H and O–H groups in total. The number of anilines is 1. The van der Waals surface area contributed by atoms with E-state index in [1.165, 1.54) is 6.07 Å². The van der Waals surface area contributed by atoms with E-state index in [1.807, 2.05) is 0 Å². The zero-order chi connectivity index (χ0) is 22.2. The Balaban J connectivity index is 1.54. The van der Waals surface area contributed by atoms with Gasteiger partial charge in [0, 0.05) is 23.9 Å². The summed E-state index contributed by atoms with van der Waals surface area (Å²) in [5, 5.41) is 0. The maximum Gasteiger partial charge on any atom is 0.254 e. The molecule has 0 saturated carbocycles. The van der Waals surface area contributed by atoms with Gasteiger partial charge in [0.1, 0.15) is 12.4 Å². The van der Waals surface area contributed by atoms with Gasteiger partial charge in [-0.25, -0.2) is 0 Å². The summed E-state index contributed by atoms with van der Waals surface area (Å²) in [6.45, 7) is 2.55. The minimum atomic E-state index is -3.38. The lowest BCUT2D eigenvalue weighted by atomic mass is 10.0. The fourth-order valence-electron chi connectivity index (χ4n) is 3.95. The number of nitrogens with two attached hydrogens (primary N) is 1. The molecule has 10 nitrogen and oxygen atoms in total. The second-order valence-electron chi connectivity index (χ2n) is 7.65. The van der Waals surface area contributed by atoms with Crippen LogP contribution in [0.4, 0.5) is 5.69 Å². The van der Waals surface area contributed by atoms with Crippen LogP contribution in [-0.4, -0.2) is 49.9 Å². The van der Waals surface area contributed by atoms with E-state index in [0.29, 0.717) is 34.8 Å². The van der Waals surface area contributed by atoms with Gasteiger partial charge in [0.2, 0.25) is 5.56 Å². The molecule has 2 aliphatic rings. The molecule has 0 aliphatic carbocycles. The highest BCUT2D eigenvalue weighted by Crippen LogP contribution is 2.46. The average Bonchev–Trinajstić information content (AvgIpc) is 2.70. The van der Waals surface area contributed by atoms with Crippen molar-refractivity contribution in [2.24, 2.45) is 10.1 Å². The van der Waals surface area contributed by atoms with Crippen molar-refractivity contribution < 1.29 is 18.6 Å². The molecule has 1 amide bonds. The molecule has 1 aromatic heterocycles. The highest BCUT2D eigenvalue weighted by Gasteiger charge is 2.30. The van der Waals surface area contributed by atoms with E-state index in [1.54, 1.807) is 36.1 Å². The molecule has 2 aromatic rings. The molecule has 1 aromatic carbocycles. The fourth-order valence-corrected chi connectivity index (χ4v) is 4.83. The van der Waals surface area contributed by atoms with E-state index in [-0.39, 0.29) is 30.0 Å². The zero-order valence-corrected chi connectivity index (χ0v) is 17.8. The summed E-state index contributed by atoms with van der Waals surface area (Å²) in [4.78, 5) is 29.3. The number of rotatable bonds is 4. The molecule has 3 heterocycles. The third-order valence-electron chi connectivity index (χ3n) is 5.30. The molecule has 11 heteroatoms. The predicted octanol–water partition coefficient (Wildman–Crippen LogP) is 2.47. The predicted molar refractivity (Wildman–Crippen MR) is 120 cm³/mol. The lowest BCUT2D eigenvalue weighted by molar-refractivity contribution is 0.0528. The first-order chi connectivity index (χ1) is 14.7. The molecule has 0 radical (unpaired) electrons.